The summed E-state index contributed by atoms with van der Waals surface area (Å²) < 4.78 is 1.90. The highest BCUT2D eigenvalue weighted by Gasteiger charge is 2.37. The van der Waals surface area contributed by atoms with E-state index in [0.29, 0.717) is 11.7 Å². The second kappa shape index (κ2) is 6.91. The van der Waals surface area contributed by atoms with Crippen molar-refractivity contribution >= 4 is 17.4 Å². The lowest BCUT2D eigenvalue weighted by molar-refractivity contribution is 0.0240. The topological polar surface area (TPSA) is 57.0 Å². The van der Waals surface area contributed by atoms with Crippen LogP contribution in [-0.4, -0.2) is 75.4 Å². The molecule has 0 atom stereocenters. The van der Waals surface area contributed by atoms with Crippen LogP contribution in [0.3, 0.4) is 0 Å². The molecule has 0 bridgehead atoms. The van der Waals surface area contributed by atoms with Crippen LogP contribution < -0.4 is 4.90 Å². The zero-order chi connectivity index (χ0) is 19.1. The average molecular weight is 376 g/mol. The van der Waals surface area contributed by atoms with Crippen LogP contribution in [0.25, 0.3) is 5.65 Å². The fraction of sp³-hybridized carbons (Fsp3) is 0.381. The number of pyridine rings is 2. The smallest absolute Gasteiger partial charge is 0.272 e. The monoisotopic (exact) mass is 376 g/mol. The van der Waals surface area contributed by atoms with Crippen LogP contribution in [-0.2, 0) is 0 Å². The molecule has 7 nitrogen and oxygen atoms in total. The Morgan fingerprint density at radius 2 is 1.82 bits per heavy atom. The van der Waals surface area contributed by atoms with Gasteiger partial charge in [-0.3, -0.25) is 14.1 Å². The Hall–Kier alpha value is -2.93. The van der Waals surface area contributed by atoms with Crippen molar-refractivity contribution in [1.82, 2.24) is 24.2 Å². The van der Waals surface area contributed by atoms with Crippen molar-refractivity contribution in [3.63, 3.8) is 0 Å². The van der Waals surface area contributed by atoms with E-state index in [1.54, 1.807) is 0 Å². The molecule has 144 valence electrons. The number of carbonyl (C=O) groups is 1. The van der Waals surface area contributed by atoms with Crippen LogP contribution in [0, 0.1) is 6.92 Å². The number of piperazine rings is 1. The van der Waals surface area contributed by atoms with Crippen LogP contribution in [0.1, 0.15) is 16.2 Å². The SMILES string of the molecule is Cc1nc2ccccn2c1C(=O)N1CC(N2CCN(c3ccccn3)CC2)C1. The largest absolute Gasteiger partial charge is 0.354 e. The normalized spacial score (nSPS) is 18.5. The van der Waals surface area contributed by atoms with Gasteiger partial charge in [0.2, 0.25) is 0 Å². The number of aryl methyl sites for hydroxylation is 1. The fourth-order valence-corrected chi connectivity index (χ4v) is 4.23. The van der Waals surface area contributed by atoms with Crippen LogP contribution in [0.15, 0.2) is 48.8 Å². The van der Waals surface area contributed by atoms with E-state index in [9.17, 15) is 4.79 Å². The van der Waals surface area contributed by atoms with Gasteiger partial charge in [0.15, 0.2) is 0 Å². The second-order valence-electron chi connectivity index (χ2n) is 7.55. The van der Waals surface area contributed by atoms with E-state index in [-0.39, 0.29) is 5.91 Å². The number of imidazole rings is 1. The Labute approximate surface area is 164 Å². The van der Waals surface area contributed by atoms with E-state index in [1.165, 1.54) is 0 Å². The Balaban J connectivity index is 1.20. The Morgan fingerprint density at radius 3 is 2.57 bits per heavy atom. The predicted octanol–water partition coefficient (Wildman–Crippen LogP) is 1.68. The zero-order valence-corrected chi connectivity index (χ0v) is 16.0. The van der Waals surface area contributed by atoms with Crippen molar-refractivity contribution in [2.45, 2.75) is 13.0 Å². The van der Waals surface area contributed by atoms with Gasteiger partial charge in [0.25, 0.3) is 5.91 Å². The molecule has 0 spiro atoms. The van der Waals surface area contributed by atoms with E-state index < -0.39 is 0 Å². The average Bonchev–Trinajstić information content (AvgIpc) is 3.03. The first-order valence-corrected chi connectivity index (χ1v) is 9.84. The second-order valence-corrected chi connectivity index (χ2v) is 7.55. The highest BCUT2D eigenvalue weighted by atomic mass is 16.2. The van der Waals surface area contributed by atoms with Gasteiger partial charge >= 0.3 is 0 Å². The van der Waals surface area contributed by atoms with Crippen molar-refractivity contribution < 1.29 is 4.79 Å². The van der Waals surface area contributed by atoms with Gasteiger partial charge < -0.3 is 9.80 Å². The molecule has 1 amide bonds. The number of hydrogen-bond donors (Lipinski definition) is 0. The van der Waals surface area contributed by atoms with Gasteiger partial charge in [-0.15, -0.1) is 0 Å². The number of hydrogen-bond acceptors (Lipinski definition) is 5. The first-order chi connectivity index (χ1) is 13.7. The van der Waals surface area contributed by atoms with Crippen molar-refractivity contribution in [1.29, 1.82) is 0 Å². The number of aromatic nitrogens is 3. The van der Waals surface area contributed by atoms with Gasteiger partial charge in [-0.2, -0.15) is 0 Å². The molecule has 2 aliphatic heterocycles. The summed E-state index contributed by atoms with van der Waals surface area (Å²) in [5, 5.41) is 0. The van der Waals surface area contributed by atoms with Gasteiger partial charge in [-0.1, -0.05) is 12.1 Å². The number of nitrogens with zero attached hydrogens (tertiary/aromatic N) is 6. The lowest BCUT2D eigenvalue weighted by Crippen LogP contribution is -2.64. The third-order valence-electron chi connectivity index (χ3n) is 5.86. The van der Waals surface area contributed by atoms with Gasteiger partial charge in [0.1, 0.15) is 17.2 Å². The molecule has 0 N–H and O–H groups in total. The summed E-state index contributed by atoms with van der Waals surface area (Å²) in [4.78, 5) is 28.8. The summed E-state index contributed by atoms with van der Waals surface area (Å²) in [5.74, 6) is 1.13. The van der Waals surface area contributed by atoms with Gasteiger partial charge in [0, 0.05) is 57.7 Å². The van der Waals surface area contributed by atoms with E-state index in [1.807, 2.05) is 58.9 Å². The van der Waals surface area contributed by atoms with Crippen LogP contribution >= 0.6 is 0 Å². The molecule has 2 fully saturated rings. The summed E-state index contributed by atoms with van der Waals surface area (Å²) in [6.45, 7) is 7.48. The fourth-order valence-electron chi connectivity index (χ4n) is 4.23. The minimum atomic E-state index is 0.0829. The van der Waals surface area contributed by atoms with Crippen LogP contribution in [0.2, 0.25) is 0 Å². The third-order valence-corrected chi connectivity index (χ3v) is 5.86. The first-order valence-electron chi connectivity index (χ1n) is 9.84. The highest BCUT2D eigenvalue weighted by Crippen LogP contribution is 2.22. The summed E-state index contributed by atoms with van der Waals surface area (Å²) in [6.07, 6.45) is 3.76. The maximum Gasteiger partial charge on any atom is 0.272 e. The number of fused-ring (bicyclic) bond motifs is 1. The molecule has 7 heteroatoms. The maximum atomic E-state index is 13.0. The van der Waals surface area contributed by atoms with Crippen molar-refractivity contribution in [3.8, 4) is 0 Å². The summed E-state index contributed by atoms with van der Waals surface area (Å²) in [7, 11) is 0. The lowest BCUT2D eigenvalue weighted by atomic mass is 10.0. The number of carbonyl (C=O) groups excluding carboxylic acids is 1. The Kier molecular flexibility index (Phi) is 4.24. The third kappa shape index (κ3) is 2.92. The standard InChI is InChI=1S/C21H24N6O/c1-16-20(27-9-5-3-7-19(27)23-16)21(28)26-14-17(15-26)24-10-12-25(13-11-24)18-6-2-4-8-22-18/h2-9,17H,10-15H2,1H3. The molecule has 28 heavy (non-hydrogen) atoms. The number of likely N-dealkylation sites (tertiary alicyclic amines) is 1. The molecule has 3 aromatic heterocycles. The molecule has 0 aliphatic carbocycles. The first kappa shape index (κ1) is 17.2. The van der Waals surface area contributed by atoms with E-state index in [4.69, 9.17) is 0 Å². The minimum Gasteiger partial charge on any atom is -0.354 e. The van der Waals surface area contributed by atoms with E-state index >= 15 is 0 Å². The van der Waals surface area contributed by atoms with E-state index in [2.05, 4.69) is 25.8 Å². The number of anilines is 1. The molecule has 0 aromatic carbocycles. The Morgan fingerprint density at radius 1 is 1.04 bits per heavy atom. The van der Waals surface area contributed by atoms with Gasteiger partial charge in [0.05, 0.1) is 5.69 Å². The molecule has 0 radical (unpaired) electrons. The van der Waals surface area contributed by atoms with Crippen molar-refractivity contribution in [3.05, 3.63) is 60.2 Å². The maximum absolute atomic E-state index is 13.0. The number of amides is 1. The molecule has 2 aliphatic rings. The van der Waals surface area contributed by atoms with Crippen LogP contribution in [0.4, 0.5) is 5.82 Å². The molecule has 3 aromatic rings. The molecule has 0 unspecified atom stereocenters. The Bertz CT molecular complexity index is 987. The predicted molar refractivity (Wildman–Crippen MR) is 108 cm³/mol. The highest BCUT2D eigenvalue weighted by molar-refractivity contribution is 5.95. The quantitative estimate of drug-likeness (QED) is 0.696. The molecule has 2 saturated heterocycles. The summed E-state index contributed by atoms with van der Waals surface area (Å²) in [5.41, 5.74) is 2.31. The lowest BCUT2D eigenvalue weighted by Gasteiger charge is -2.48. The minimum absolute atomic E-state index is 0.0829. The van der Waals surface area contributed by atoms with E-state index in [0.717, 1.165) is 56.4 Å². The molecular formula is C21H24N6O. The summed E-state index contributed by atoms with van der Waals surface area (Å²) >= 11 is 0. The molecule has 0 saturated carbocycles. The van der Waals surface area contributed by atoms with Crippen molar-refractivity contribution in [2.75, 3.05) is 44.2 Å². The van der Waals surface area contributed by atoms with Crippen molar-refractivity contribution in [2.24, 2.45) is 0 Å². The molecule has 5 heterocycles. The van der Waals surface area contributed by atoms with Crippen LogP contribution in [0.5, 0.6) is 0 Å². The molecule has 5 rings (SSSR count). The summed E-state index contributed by atoms with van der Waals surface area (Å²) in [6, 6.07) is 12.3. The number of rotatable bonds is 3. The zero-order valence-electron chi connectivity index (χ0n) is 16.0. The van der Waals surface area contributed by atoms with Gasteiger partial charge in [-0.25, -0.2) is 9.97 Å². The molecular weight excluding hydrogens is 352 g/mol. The van der Waals surface area contributed by atoms with Gasteiger partial charge in [-0.05, 0) is 31.2 Å².